The molecule has 1 heterocycles. The van der Waals surface area contributed by atoms with Gasteiger partial charge in [0, 0.05) is 17.7 Å². The Hall–Kier alpha value is -1.88. The van der Waals surface area contributed by atoms with E-state index in [1.165, 1.54) is 12.1 Å². The smallest absolute Gasteiger partial charge is 0.143 e. The Morgan fingerprint density at radius 3 is 2.75 bits per heavy atom. The normalized spacial score (nSPS) is 10.6. The van der Waals surface area contributed by atoms with Gasteiger partial charge in [-0.15, -0.1) is 0 Å². The summed E-state index contributed by atoms with van der Waals surface area (Å²) in [4.78, 5) is 8.64. The number of anilines is 3. The van der Waals surface area contributed by atoms with Crippen molar-refractivity contribution in [3.63, 3.8) is 0 Å². The quantitative estimate of drug-likeness (QED) is 0.899. The van der Waals surface area contributed by atoms with Gasteiger partial charge in [-0.25, -0.2) is 14.4 Å². The van der Waals surface area contributed by atoms with Crippen LogP contribution in [0.1, 0.15) is 24.7 Å². The van der Waals surface area contributed by atoms with Crippen LogP contribution in [0.2, 0.25) is 5.02 Å². The molecule has 6 heteroatoms. The van der Waals surface area contributed by atoms with Crippen molar-refractivity contribution in [3.8, 4) is 0 Å². The van der Waals surface area contributed by atoms with E-state index >= 15 is 0 Å². The van der Waals surface area contributed by atoms with Crippen molar-refractivity contribution < 1.29 is 4.39 Å². The zero-order valence-corrected chi connectivity index (χ0v) is 12.1. The lowest BCUT2D eigenvalue weighted by atomic mass is 10.2. The van der Waals surface area contributed by atoms with Crippen molar-refractivity contribution in [1.82, 2.24) is 9.97 Å². The highest BCUT2D eigenvalue weighted by atomic mass is 35.5. The fraction of sp³-hybridized carbons (Fsp3) is 0.286. The van der Waals surface area contributed by atoms with E-state index < -0.39 is 5.82 Å². The van der Waals surface area contributed by atoms with Gasteiger partial charge in [0.2, 0.25) is 0 Å². The van der Waals surface area contributed by atoms with Crippen LogP contribution in [-0.2, 0) is 6.42 Å². The van der Waals surface area contributed by atoms with Crippen LogP contribution in [0.25, 0.3) is 0 Å². The van der Waals surface area contributed by atoms with Gasteiger partial charge < -0.3 is 11.1 Å². The minimum absolute atomic E-state index is 0.0844. The SMILES string of the molecule is CCCc1nc(N)c(C)c(Nc2ccc(Cl)c(F)c2)n1. The average molecular weight is 295 g/mol. The second-order valence-electron chi connectivity index (χ2n) is 4.50. The van der Waals surface area contributed by atoms with Crippen molar-refractivity contribution >= 4 is 28.9 Å². The first kappa shape index (κ1) is 14.5. The molecule has 4 nitrogen and oxygen atoms in total. The summed E-state index contributed by atoms with van der Waals surface area (Å²) in [5.41, 5.74) is 7.17. The second-order valence-corrected chi connectivity index (χ2v) is 4.91. The number of hydrogen-bond donors (Lipinski definition) is 2. The minimum Gasteiger partial charge on any atom is -0.383 e. The van der Waals surface area contributed by atoms with Crippen molar-refractivity contribution in [2.45, 2.75) is 26.7 Å². The van der Waals surface area contributed by atoms with Crippen LogP contribution < -0.4 is 11.1 Å². The lowest BCUT2D eigenvalue weighted by Crippen LogP contribution is -2.07. The number of benzene rings is 1. The summed E-state index contributed by atoms with van der Waals surface area (Å²) in [6, 6.07) is 4.49. The standard InChI is InChI=1S/C14H16ClFN4/c1-3-4-12-19-13(17)8(2)14(20-12)18-9-5-6-10(15)11(16)7-9/h5-7H,3-4H2,1-2H3,(H3,17,18,19,20). The molecule has 2 aromatic rings. The molecule has 0 aliphatic rings. The number of aryl methyl sites for hydroxylation is 1. The molecule has 0 atom stereocenters. The maximum absolute atomic E-state index is 13.4. The molecule has 3 N–H and O–H groups in total. The Bertz CT molecular complexity index is 631. The van der Waals surface area contributed by atoms with Gasteiger partial charge in [0.05, 0.1) is 5.02 Å². The Morgan fingerprint density at radius 1 is 1.35 bits per heavy atom. The van der Waals surface area contributed by atoms with E-state index in [9.17, 15) is 4.39 Å². The molecule has 0 amide bonds. The molecule has 1 aromatic heterocycles. The molecule has 0 aliphatic heterocycles. The van der Waals surface area contributed by atoms with E-state index in [-0.39, 0.29) is 5.02 Å². The van der Waals surface area contributed by atoms with E-state index in [1.807, 2.05) is 13.8 Å². The predicted molar refractivity (Wildman–Crippen MR) is 79.9 cm³/mol. The van der Waals surface area contributed by atoms with E-state index in [4.69, 9.17) is 17.3 Å². The lowest BCUT2D eigenvalue weighted by molar-refractivity contribution is 0.629. The molecule has 1 aromatic carbocycles. The van der Waals surface area contributed by atoms with Crippen LogP contribution in [0.15, 0.2) is 18.2 Å². The molecule has 0 unspecified atom stereocenters. The van der Waals surface area contributed by atoms with E-state index in [0.29, 0.717) is 23.1 Å². The largest absolute Gasteiger partial charge is 0.383 e. The molecule has 0 saturated heterocycles. The Kier molecular flexibility index (Phi) is 4.39. The van der Waals surface area contributed by atoms with Gasteiger partial charge in [0.25, 0.3) is 0 Å². The molecule has 0 aliphatic carbocycles. The molecule has 20 heavy (non-hydrogen) atoms. The third-order valence-electron chi connectivity index (χ3n) is 2.89. The molecule has 106 valence electrons. The molecule has 0 fully saturated rings. The average Bonchev–Trinajstić information content (AvgIpc) is 2.40. The highest BCUT2D eigenvalue weighted by molar-refractivity contribution is 6.30. The number of rotatable bonds is 4. The summed E-state index contributed by atoms with van der Waals surface area (Å²) >= 11 is 5.66. The summed E-state index contributed by atoms with van der Waals surface area (Å²) in [6.07, 6.45) is 1.67. The summed E-state index contributed by atoms with van der Waals surface area (Å²) in [7, 11) is 0. The first-order valence-electron chi connectivity index (χ1n) is 6.36. The maximum atomic E-state index is 13.4. The molecular weight excluding hydrogens is 279 g/mol. The van der Waals surface area contributed by atoms with Crippen molar-refractivity contribution in [2.75, 3.05) is 11.1 Å². The molecule has 0 bridgehead atoms. The summed E-state index contributed by atoms with van der Waals surface area (Å²) in [5.74, 6) is 1.21. The van der Waals surface area contributed by atoms with Crippen LogP contribution in [0, 0.1) is 12.7 Å². The number of nitrogens with zero attached hydrogens (tertiary/aromatic N) is 2. The molecule has 0 radical (unpaired) electrons. The fourth-order valence-electron chi connectivity index (χ4n) is 1.75. The van der Waals surface area contributed by atoms with Gasteiger partial charge in [-0.3, -0.25) is 0 Å². The highest BCUT2D eigenvalue weighted by Crippen LogP contribution is 2.25. The van der Waals surface area contributed by atoms with E-state index in [0.717, 1.165) is 18.4 Å². The monoisotopic (exact) mass is 294 g/mol. The van der Waals surface area contributed by atoms with E-state index in [1.54, 1.807) is 6.07 Å². The topological polar surface area (TPSA) is 63.8 Å². The van der Waals surface area contributed by atoms with Crippen molar-refractivity contribution in [3.05, 3.63) is 40.4 Å². The highest BCUT2D eigenvalue weighted by Gasteiger charge is 2.09. The van der Waals surface area contributed by atoms with Crippen LogP contribution in [0.5, 0.6) is 0 Å². The third kappa shape index (κ3) is 3.17. The van der Waals surface area contributed by atoms with Crippen LogP contribution >= 0.6 is 11.6 Å². The summed E-state index contributed by atoms with van der Waals surface area (Å²) in [6.45, 7) is 3.86. The van der Waals surface area contributed by atoms with Crippen LogP contribution in [-0.4, -0.2) is 9.97 Å². The van der Waals surface area contributed by atoms with Gasteiger partial charge in [-0.05, 0) is 31.5 Å². The number of nitrogens with two attached hydrogens (primary N) is 1. The Labute approximate surface area is 122 Å². The van der Waals surface area contributed by atoms with Gasteiger partial charge in [-0.1, -0.05) is 18.5 Å². The second kappa shape index (κ2) is 6.05. The first-order valence-corrected chi connectivity index (χ1v) is 6.74. The molecule has 0 spiro atoms. The minimum atomic E-state index is -0.481. The number of halogens is 2. The molecule has 2 rings (SSSR count). The maximum Gasteiger partial charge on any atom is 0.143 e. The molecule has 0 saturated carbocycles. The van der Waals surface area contributed by atoms with Crippen molar-refractivity contribution in [2.24, 2.45) is 0 Å². The Morgan fingerprint density at radius 2 is 2.10 bits per heavy atom. The van der Waals surface area contributed by atoms with Crippen molar-refractivity contribution in [1.29, 1.82) is 0 Å². The zero-order valence-electron chi connectivity index (χ0n) is 11.4. The van der Waals surface area contributed by atoms with Gasteiger partial charge in [0.15, 0.2) is 0 Å². The van der Waals surface area contributed by atoms with Crippen LogP contribution in [0.3, 0.4) is 0 Å². The van der Waals surface area contributed by atoms with Gasteiger partial charge in [-0.2, -0.15) is 0 Å². The van der Waals surface area contributed by atoms with E-state index in [2.05, 4.69) is 15.3 Å². The molecular formula is C14H16ClFN4. The third-order valence-corrected chi connectivity index (χ3v) is 3.19. The van der Waals surface area contributed by atoms with Crippen LogP contribution in [0.4, 0.5) is 21.7 Å². The predicted octanol–water partition coefficient (Wildman–Crippen LogP) is 3.86. The van der Waals surface area contributed by atoms with Gasteiger partial charge in [0.1, 0.15) is 23.3 Å². The fourth-order valence-corrected chi connectivity index (χ4v) is 1.87. The number of hydrogen-bond acceptors (Lipinski definition) is 4. The number of aromatic nitrogens is 2. The summed E-state index contributed by atoms with van der Waals surface area (Å²) < 4.78 is 13.4. The summed E-state index contributed by atoms with van der Waals surface area (Å²) in [5, 5.41) is 3.13. The number of nitrogens with one attached hydrogen (secondary N) is 1. The number of nitrogen functional groups attached to an aromatic ring is 1. The lowest BCUT2D eigenvalue weighted by Gasteiger charge is -2.12. The van der Waals surface area contributed by atoms with Gasteiger partial charge >= 0.3 is 0 Å². The first-order chi connectivity index (χ1) is 9.51. The Balaban J connectivity index is 2.34. The zero-order chi connectivity index (χ0) is 14.7.